The topological polar surface area (TPSA) is 55.4 Å². The second kappa shape index (κ2) is 7.12. The fourth-order valence-corrected chi connectivity index (χ4v) is 3.95. The standard InChI is InChI=1S/C13H19NO3S.ClH/c1-2-17-11-3-5-12(6-4-11)18(15,16)13-7-9-14-10-8-13;/h3-6,13-14H,2,7-10H2,1H3;1H. The molecule has 1 aromatic carbocycles. The quantitative estimate of drug-likeness (QED) is 0.925. The SMILES string of the molecule is CCOc1ccc(S(=O)(=O)C2CCNCC2)cc1.Cl. The molecule has 6 heteroatoms. The number of piperidine rings is 1. The van der Waals surface area contributed by atoms with Crippen LogP contribution in [0.3, 0.4) is 0 Å². The monoisotopic (exact) mass is 305 g/mol. The fraction of sp³-hybridized carbons (Fsp3) is 0.538. The molecule has 0 amide bonds. The third kappa shape index (κ3) is 3.84. The van der Waals surface area contributed by atoms with Crippen LogP contribution in [0.15, 0.2) is 29.2 Å². The second-order valence-corrected chi connectivity index (χ2v) is 6.63. The third-order valence-corrected chi connectivity index (χ3v) is 5.47. The van der Waals surface area contributed by atoms with Gasteiger partial charge in [0, 0.05) is 0 Å². The first-order valence-electron chi connectivity index (χ1n) is 6.32. The summed E-state index contributed by atoms with van der Waals surface area (Å²) in [5, 5.41) is 2.93. The molecule has 1 saturated heterocycles. The molecule has 0 atom stereocenters. The van der Waals surface area contributed by atoms with Gasteiger partial charge in [0.1, 0.15) is 5.75 Å². The summed E-state index contributed by atoms with van der Waals surface area (Å²) in [6.07, 6.45) is 1.38. The lowest BCUT2D eigenvalue weighted by molar-refractivity contribution is 0.340. The van der Waals surface area contributed by atoms with E-state index in [-0.39, 0.29) is 17.7 Å². The Morgan fingerprint density at radius 3 is 2.32 bits per heavy atom. The van der Waals surface area contributed by atoms with Crippen molar-refractivity contribution in [3.05, 3.63) is 24.3 Å². The van der Waals surface area contributed by atoms with Crippen molar-refractivity contribution in [3.63, 3.8) is 0 Å². The Kier molecular flexibility index (Phi) is 6.10. The first-order valence-corrected chi connectivity index (χ1v) is 7.86. The number of ether oxygens (including phenoxy) is 1. The van der Waals surface area contributed by atoms with Gasteiger partial charge in [-0.05, 0) is 57.1 Å². The minimum atomic E-state index is -3.19. The summed E-state index contributed by atoms with van der Waals surface area (Å²) in [4.78, 5) is 0.401. The van der Waals surface area contributed by atoms with E-state index in [1.54, 1.807) is 24.3 Å². The third-order valence-electron chi connectivity index (χ3n) is 3.19. The molecule has 0 spiro atoms. The molecule has 1 N–H and O–H groups in total. The van der Waals surface area contributed by atoms with Crippen LogP contribution in [0.4, 0.5) is 0 Å². The van der Waals surface area contributed by atoms with Crippen LogP contribution >= 0.6 is 12.4 Å². The zero-order valence-electron chi connectivity index (χ0n) is 11.0. The molecular formula is C13H20ClNO3S. The van der Waals surface area contributed by atoms with Crippen LogP contribution in [0.25, 0.3) is 0 Å². The maximum Gasteiger partial charge on any atom is 0.181 e. The predicted molar refractivity (Wildman–Crippen MR) is 77.9 cm³/mol. The number of halogens is 1. The predicted octanol–water partition coefficient (Wildman–Crippen LogP) is 2.03. The van der Waals surface area contributed by atoms with E-state index in [2.05, 4.69) is 5.32 Å². The molecule has 1 aliphatic heterocycles. The molecule has 1 aromatic rings. The van der Waals surface area contributed by atoms with Crippen molar-refractivity contribution in [2.24, 2.45) is 0 Å². The van der Waals surface area contributed by atoms with Crippen molar-refractivity contribution in [1.29, 1.82) is 0 Å². The molecule has 0 aliphatic carbocycles. The maximum atomic E-state index is 12.4. The van der Waals surface area contributed by atoms with E-state index in [1.807, 2.05) is 6.92 Å². The van der Waals surface area contributed by atoms with Gasteiger partial charge in [0.2, 0.25) is 0 Å². The van der Waals surface area contributed by atoms with Gasteiger partial charge >= 0.3 is 0 Å². The summed E-state index contributed by atoms with van der Waals surface area (Å²) in [6.45, 7) is 4.04. The Morgan fingerprint density at radius 2 is 1.79 bits per heavy atom. The van der Waals surface area contributed by atoms with E-state index in [4.69, 9.17) is 4.74 Å². The van der Waals surface area contributed by atoms with Crippen LogP contribution in [-0.2, 0) is 9.84 Å². The van der Waals surface area contributed by atoms with Crippen molar-refractivity contribution in [3.8, 4) is 5.75 Å². The van der Waals surface area contributed by atoms with Gasteiger partial charge in [-0.1, -0.05) is 0 Å². The summed E-state index contributed by atoms with van der Waals surface area (Å²) < 4.78 is 30.1. The average molecular weight is 306 g/mol. The number of hydrogen-bond donors (Lipinski definition) is 1. The van der Waals surface area contributed by atoms with Gasteiger partial charge in [-0.15, -0.1) is 12.4 Å². The molecule has 0 radical (unpaired) electrons. The van der Waals surface area contributed by atoms with E-state index >= 15 is 0 Å². The Hall–Kier alpha value is -0.780. The van der Waals surface area contributed by atoms with Crippen LogP contribution in [-0.4, -0.2) is 33.4 Å². The molecule has 1 heterocycles. The average Bonchev–Trinajstić information content (AvgIpc) is 2.41. The van der Waals surface area contributed by atoms with Crippen molar-refractivity contribution < 1.29 is 13.2 Å². The zero-order chi connectivity index (χ0) is 13.0. The molecule has 108 valence electrons. The minimum absolute atomic E-state index is 0. The molecule has 0 saturated carbocycles. The van der Waals surface area contributed by atoms with Gasteiger partial charge in [-0.25, -0.2) is 8.42 Å². The van der Waals surface area contributed by atoms with Gasteiger partial charge in [-0.3, -0.25) is 0 Å². The van der Waals surface area contributed by atoms with Gasteiger partial charge in [0.15, 0.2) is 9.84 Å². The van der Waals surface area contributed by atoms with Crippen molar-refractivity contribution >= 4 is 22.2 Å². The maximum absolute atomic E-state index is 12.4. The number of hydrogen-bond acceptors (Lipinski definition) is 4. The summed E-state index contributed by atoms with van der Waals surface area (Å²) in [6, 6.07) is 6.72. The molecule has 2 rings (SSSR count). The zero-order valence-corrected chi connectivity index (χ0v) is 12.6. The van der Waals surface area contributed by atoms with E-state index in [0.29, 0.717) is 30.1 Å². The lowest BCUT2D eigenvalue weighted by atomic mass is 10.2. The Morgan fingerprint density at radius 1 is 1.21 bits per heavy atom. The van der Waals surface area contributed by atoms with Crippen LogP contribution in [0, 0.1) is 0 Å². The fourth-order valence-electron chi connectivity index (χ4n) is 2.19. The van der Waals surface area contributed by atoms with Crippen LogP contribution in [0.5, 0.6) is 5.75 Å². The number of nitrogens with one attached hydrogen (secondary N) is 1. The molecule has 1 aliphatic rings. The summed E-state index contributed by atoms with van der Waals surface area (Å²) in [7, 11) is -3.19. The highest BCUT2D eigenvalue weighted by molar-refractivity contribution is 7.92. The summed E-state index contributed by atoms with van der Waals surface area (Å²) in [5.41, 5.74) is 0. The number of sulfone groups is 1. The first-order chi connectivity index (χ1) is 8.64. The van der Waals surface area contributed by atoms with Gasteiger partial charge in [-0.2, -0.15) is 0 Å². The largest absolute Gasteiger partial charge is 0.494 e. The first kappa shape index (κ1) is 16.3. The molecule has 0 bridgehead atoms. The smallest absolute Gasteiger partial charge is 0.181 e. The Labute approximate surface area is 120 Å². The number of benzene rings is 1. The minimum Gasteiger partial charge on any atom is -0.494 e. The van der Waals surface area contributed by atoms with Gasteiger partial charge in [0.25, 0.3) is 0 Å². The highest BCUT2D eigenvalue weighted by Gasteiger charge is 2.28. The Bertz CT molecular complexity index is 481. The molecule has 0 aromatic heterocycles. The highest BCUT2D eigenvalue weighted by Crippen LogP contribution is 2.24. The van der Waals surface area contributed by atoms with Crippen molar-refractivity contribution in [1.82, 2.24) is 5.32 Å². The van der Waals surface area contributed by atoms with Gasteiger partial charge in [0.05, 0.1) is 16.8 Å². The summed E-state index contributed by atoms with van der Waals surface area (Å²) in [5.74, 6) is 0.710. The Balaban J connectivity index is 0.00000180. The normalized spacial score (nSPS) is 16.7. The molecular weight excluding hydrogens is 286 g/mol. The van der Waals surface area contributed by atoms with E-state index in [1.165, 1.54) is 0 Å². The highest BCUT2D eigenvalue weighted by atomic mass is 35.5. The van der Waals surface area contributed by atoms with Crippen molar-refractivity contribution in [2.45, 2.75) is 29.9 Å². The van der Waals surface area contributed by atoms with E-state index < -0.39 is 9.84 Å². The van der Waals surface area contributed by atoms with Crippen LogP contribution < -0.4 is 10.1 Å². The number of rotatable bonds is 4. The van der Waals surface area contributed by atoms with Crippen LogP contribution in [0.2, 0.25) is 0 Å². The van der Waals surface area contributed by atoms with Crippen molar-refractivity contribution in [2.75, 3.05) is 19.7 Å². The summed E-state index contributed by atoms with van der Waals surface area (Å²) >= 11 is 0. The van der Waals surface area contributed by atoms with E-state index in [9.17, 15) is 8.42 Å². The molecule has 0 unspecified atom stereocenters. The van der Waals surface area contributed by atoms with Gasteiger partial charge < -0.3 is 10.1 Å². The second-order valence-electron chi connectivity index (χ2n) is 4.40. The molecule has 19 heavy (non-hydrogen) atoms. The van der Waals surface area contributed by atoms with Crippen LogP contribution in [0.1, 0.15) is 19.8 Å². The lowest BCUT2D eigenvalue weighted by Crippen LogP contribution is -2.35. The molecule has 1 fully saturated rings. The molecule has 4 nitrogen and oxygen atoms in total. The lowest BCUT2D eigenvalue weighted by Gasteiger charge is -2.22. The van der Waals surface area contributed by atoms with E-state index in [0.717, 1.165) is 13.1 Å².